The van der Waals surface area contributed by atoms with E-state index >= 15 is 0 Å². The van der Waals surface area contributed by atoms with E-state index in [0.29, 0.717) is 0 Å². The van der Waals surface area contributed by atoms with E-state index in [2.05, 4.69) is 71.4 Å². The van der Waals surface area contributed by atoms with Crippen LogP contribution in [0.3, 0.4) is 0 Å². The van der Waals surface area contributed by atoms with Crippen LogP contribution in [-0.2, 0) is 19.6 Å². The van der Waals surface area contributed by atoms with Gasteiger partial charge in [0.05, 0.1) is 13.1 Å². The molecule has 3 nitrogen and oxygen atoms in total. The Balaban J connectivity index is 0.00000648. The quantitative estimate of drug-likeness (QED) is 0.138. The van der Waals surface area contributed by atoms with Crippen LogP contribution in [0.1, 0.15) is 134 Å². The van der Waals surface area contributed by atoms with E-state index in [1.807, 2.05) is 0 Å². The Hall–Kier alpha value is -0.680. The minimum Gasteiger partial charge on any atom is -1.00 e. The lowest BCUT2D eigenvalue weighted by molar-refractivity contribution is -0.702. The van der Waals surface area contributed by atoms with Crippen LogP contribution in [0.2, 0.25) is 0 Å². The van der Waals surface area contributed by atoms with Crippen LogP contribution < -0.4 is 43.1 Å². The first kappa shape index (κ1) is 36.3. The molecule has 0 aliphatic rings. The van der Waals surface area contributed by atoms with Crippen molar-refractivity contribution in [2.24, 2.45) is 0 Å². The zero-order chi connectivity index (χ0) is 25.0. The van der Waals surface area contributed by atoms with Gasteiger partial charge in [-0.15, -0.1) is 0 Å². The molecule has 5 heteroatoms. The van der Waals surface area contributed by atoms with Crippen molar-refractivity contribution in [2.45, 2.75) is 156 Å². The minimum absolute atomic E-state index is 0. The molecule has 214 valence electrons. The number of imidazole rings is 1. The zero-order valence-corrected chi connectivity index (χ0v) is 27.6. The molecule has 0 aliphatic heterocycles. The van der Waals surface area contributed by atoms with Gasteiger partial charge in [0.2, 0.25) is 0 Å². The molecular formula is C32H57Br2N3. The summed E-state index contributed by atoms with van der Waals surface area (Å²) in [5, 5.41) is 0. The lowest BCUT2D eigenvalue weighted by atomic mass is 10.1. The summed E-state index contributed by atoms with van der Waals surface area (Å²) in [6.07, 6.45) is 34.1. The van der Waals surface area contributed by atoms with Crippen molar-refractivity contribution >= 4 is 0 Å². The number of hydrogen-bond donors (Lipinski definition) is 0. The molecule has 37 heavy (non-hydrogen) atoms. The van der Waals surface area contributed by atoms with E-state index in [1.165, 1.54) is 140 Å². The number of aromatic nitrogens is 3. The molecule has 0 fully saturated rings. The fraction of sp³-hybridized carbons (Fsp3) is 0.750. The molecule has 0 saturated carbocycles. The summed E-state index contributed by atoms with van der Waals surface area (Å²) in [6, 6.07) is 4.40. The number of aryl methyl sites for hydroxylation is 4. The molecule has 2 aromatic rings. The van der Waals surface area contributed by atoms with Gasteiger partial charge in [0.1, 0.15) is 18.9 Å². The van der Waals surface area contributed by atoms with Gasteiger partial charge < -0.3 is 34.0 Å². The summed E-state index contributed by atoms with van der Waals surface area (Å²) in [7, 11) is 0. The summed E-state index contributed by atoms with van der Waals surface area (Å²) in [5.41, 5.74) is 1.34. The molecule has 0 radical (unpaired) electrons. The van der Waals surface area contributed by atoms with Gasteiger partial charge in [0, 0.05) is 25.5 Å². The van der Waals surface area contributed by atoms with Crippen LogP contribution in [0.25, 0.3) is 0 Å². The Morgan fingerprint density at radius 3 is 1.57 bits per heavy atom. The molecule has 2 aromatic heterocycles. The highest BCUT2D eigenvalue weighted by molar-refractivity contribution is 5.03. The molecule has 0 amide bonds. The molecule has 0 bridgehead atoms. The average Bonchev–Trinajstić information content (AvgIpc) is 3.21. The van der Waals surface area contributed by atoms with E-state index in [1.54, 1.807) is 0 Å². The van der Waals surface area contributed by atoms with E-state index < -0.39 is 0 Å². The van der Waals surface area contributed by atoms with Crippen LogP contribution in [0.4, 0.5) is 0 Å². The van der Waals surface area contributed by atoms with Crippen LogP contribution in [0, 0.1) is 13.8 Å². The van der Waals surface area contributed by atoms with Crippen molar-refractivity contribution < 1.29 is 43.1 Å². The predicted octanol–water partition coefficient (Wildman–Crippen LogP) is 2.43. The summed E-state index contributed by atoms with van der Waals surface area (Å²) >= 11 is 0. The summed E-state index contributed by atoms with van der Waals surface area (Å²) in [5.74, 6) is 1.44. The molecule has 0 atom stereocenters. The van der Waals surface area contributed by atoms with Gasteiger partial charge in [-0.25, -0.2) is 13.7 Å². The van der Waals surface area contributed by atoms with Crippen molar-refractivity contribution in [1.29, 1.82) is 0 Å². The maximum Gasteiger partial charge on any atom is 0.253 e. The largest absolute Gasteiger partial charge is 1.00 e. The van der Waals surface area contributed by atoms with Gasteiger partial charge >= 0.3 is 0 Å². The molecule has 0 saturated heterocycles. The SMILES string of the molecule is CCCCCCCCCCCC[n+]1ccn(CCCCCCCCCC[n+]2ccc(C)cc2)c1C.[Br-].[Br-]. The van der Waals surface area contributed by atoms with Crippen molar-refractivity contribution in [3.8, 4) is 0 Å². The standard InChI is InChI=1S/C32H57N3.2BrH/c1-4-5-6-7-8-9-10-14-17-20-25-34-29-30-35(32(34)3)26-21-18-15-12-11-13-16-19-24-33-27-22-31(2)23-28-33;;/h22-23,27-30H,4-21,24-26H2,1-3H3;2*1H/q+2;;/p-2. The van der Waals surface area contributed by atoms with Gasteiger partial charge in [-0.2, -0.15) is 0 Å². The van der Waals surface area contributed by atoms with Gasteiger partial charge in [0.25, 0.3) is 5.82 Å². The van der Waals surface area contributed by atoms with Crippen molar-refractivity contribution in [3.05, 3.63) is 48.3 Å². The first-order valence-corrected chi connectivity index (χ1v) is 15.2. The topological polar surface area (TPSA) is 12.7 Å². The molecule has 0 aromatic carbocycles. The molecule has 2 rings (SSSR count). The first-order valence-electron chi connectivity index (χ1n) is 15.2. The third-order valence-corrected chi connectivity index (χ3v) is 7.63. The van der Waals surface area contributed by atoms with Crippen LogP contribution >= 0.6 is 0 Å². The smallest absolute Gasteiger partial charge is 0.253 e. The van der Waals surface area contributed by atoms with Crippen molar-refractivity contribution in [1.82, 2.24) is 4.57 Å². The molecule has 0 aliphatic carbocycles. The Bertz CT molecular complexity index is 758. The zero-order valence-electron chi connectivity index (χ0n) is 24.4. The number of hydrogen-bond acceptors (Lipinski definition) is 0. The second kappa shape index (κ2) is 24.4. The highest BCUT2D eigenvalue weighted by Crippen LogP contribution is 2.12. The summed E-state index contributed by atoms with van der Waals surface area (Å²) < 4.78 is 7.26. The molecule has 0 N–H and O–H groups in total. The third-order valence-electron chi connectivity index (χ3n) is 7.63. The van der Waals surface area contributed by atoms with E-state index in [0.717, 1.165) is 6.54 Å². The van der Waals surface area contributed by atoms with Gasteiger partial charge in [-0.05, 0) is 44.6 Å². The van der Waals surface area contributed by atoms with Gasteiger partial charge in [-0.3, -0.25) is 0 Å². The van der Waals surface area contributed by atoms with Crippen LogP contribution in [0.15, 0.2) is 36.9 Å². The molecule has 0 spiro atoms. The van der Waals surface area contributed by atoms with E-state index in [4.69, 9.17) is 0 Å². The monoisotopic (exact) mass is 641 g/mol. The van der Waals surface area contributed by atoms with Gasteiger partial charge in [0.15, 0.2) is 12.4 Å². The van der Waals surface area contributed by atoms with E-state index in [9.17, 15) is 0 Å². The Kier molecular flexibility index (Phi) is 23.9. The highest BCUT2D eigenvalue weighted by Gasteiger charge is 2.11. The van der Waals surface area contributed by atoms with E-state index in [-0.39, 0.29) is 34.0 Å². The van der Waals surface area contributed by atoms with Crippen molar-refractivity contribution in [2.75, 3.05) is 0 Å². The molecule has 0 unspecified atom stereocenters. The number of pyridine rings is 1. The number of nitrogens with zero attached hydrogens (tertiary/aromatic N) is 3. The average molecular weight is 644 g/mol. The maximum absolute atomic E-state index is 2.47. The third kappa shape index (κ3) is 17.5. The number of rotatable bonds is 22. The molecular weight excluding hydrogens is 586 g/mol. The molecule has 2 heterocycles. The fourth-order valence-corrected chi connectivity index (χ4v) is 5.10. The second-order valence-corrected chi connectivity index (χ2v) is 10.9. The summed E-state index contributed by atoms with van der Waals surface area (Å²) in [6.45, 7) is 10.3. The van der Waals surface area contributed by atoms with Gasteiger partial charge in [-0.1, -0.05) is 84.0 Å². The van der Waals surface area contributed by atoms with Crippen LogP contribution in [0.5, 0.6) is 0 Å². The maximum atomic E-state index is 2.47. The second-order valence-electron chi connectivity index (χ2n) is 10.9. The fourth-order valence-electron chi connectivity index (χ4n) is 5.10. The number of halogens is 2. The van der Waals surface area contributed by atoms with Crippen molar-refractivity contribution in [3.63, 3.8) is 0 Å². The Morgan fingerprint density at radius 2 is 1.03 bits per heavy atom. The number of unbranched alkanes of at least 4 members (excludes halogenated alkanes) is 16. The normalized spacial score (nSPS) is 10.8. The minimum atomic E-state index is 0. The predicted molar refractivity (Wildman–Crippen MR) is 150 cm³/mol. The first-order chi connectivity index (χ1) is 17.2. The highest BCUT2D eigenvalue weighted by atomic mass is 79.9. The van der Waals surface area contributed by atoms with Crippen LogP contribution in [-0.4, -0.2) is 4.57 Å². The summed E-state index contributed by atoms with van der Waals surface area (Å²) in [4.78, 5) is 0. The Morgan fingerprint density at radius 1 is 0.568 bits per heavy atom. The lowest BCUT2D eigenvalue weighted by Gasteiger charge is -2.04. The lowest BCUT2D eigenvalue weighted by Crippen LogP contribution is -3.00. The Labute approximate surface area is 251 Å².